The van der Waals surface area contributed by atoms with Crippen LogP contribution in [0.5, 0.6) is 0 Å². The van der Waals surface area contributed by atoms with Crippen LogP contribution in [0.4, 0.5) is 0 Å². The number of H-pyrrole nitrogens is 1. The van der Waals surface area contributed by atoms with Crippen molar-refractivity contribution in [3.05, 3.63) is 41.6 Å². The van der Waals surface area contributed by atoms with Crippen molar-refractivity contribution >= 4 is 5.65 Å². The third-order valence-electron chi connectivity index (χ3n) is 2.81. The summed E-state index contributed by atoms with van der Waals surface area (Å²) in [6.45, 7) is 4.07. The van der Waals surface area contributed by atoms with E-state index in [1.807, 2.05) is 44.2 Å². The molecule has 0 amide bonds. The molecular weight excluding hydrogens is 226 g/mol. The molecule has 94 valence electrons. The average Bonchev–Trinajstić information content (AvgIpc) is 2.94. The monoisotopic (exact) mass is 243 g/mol. The molecule has 3 rings (SSSR count). The van der Waals surface area contributed by atoms with E-state index in [0.717, 1.165) is 28.3 Å². The number of fused-ring (bicyclic) bond motifs is 1. The van der Waals surface area contributed by atoms with Crippen molar-refractivity contribution in [2.75, 3.05) is 7.05 Å². The molecule has 0 fully saturated rings. The van der Waals surface area contributed by atoms with Gasteiger partial charge in [-0.05, 0) is 20.9 Å². The first-order valence-electron chi connectivity index (χ1n) is 5.81. The maximum absolute atomic E-state index is 4.52. The van der Waals surface area contributed by atoms with E-state index in [-0.39, 0.29) is 0 Å². The fourth-order valence-corrected chi connectivity index (χ4v) is 1.75. The number of nitrogens with two attached hydrogens (primary N) is 1. The second-order valence-electron chi connectivity index (χ2n) is 3.90. The lowest BCUT2D eigenvalue weighted by Gasteiger charge is -1.92. The summed E-state index contributed by atoms with van der Waals surface area (Å²) < 4.78 is 1.73. The SMILES string of the molecule is CN.Cc1[nH]n2nc(-c3ccccc3)nc2c1C. The highest BCUT2D eigenvalue weighted by molar-refractivity contribution is 5.60. The van der Waals surface area contributed by atoms with E-state index in [1.165, 1.54) is 7.05 Å². The number of aromatic amines is 1. The maximum Gasteiger partial charge on any atom is 0.183 e. The van der Waals surface area contributed by atoms with Crippen molar-refractivity contribution in [2.24, 2.45) is 5.73 Å². The van der Waals surface area contributed by atoms with Crippen molar-refractivity contribution in [2.45, 2.75) is 13.8 Å². The summed E-state index contributed by atoms with van der Waals surface area (Å²) in [5.74, 6) is 0.759. The first-order chi connectivity index (χ1) is 8.75. The molecule has 0 aliphatic carbocycles. The molecule has 0 saturated carbocycles. The lowest BCUT2D eigenvalue weighted by Crippen LogP contribution is -1.87. The number of hydrogen-bond acceptors (Lipinski definition) is 3. The van der Waals surface area contributed by atoms with E-state index < -0.39 is 0 Å². The van der Waals surface area contributed by atoms with E-state index in [0.29, 0.717) is 0 Å². The zero-order chi connectivity index (χ0) is 13.1. The molecule has 0 unspecified atom stereocenters. The highest BCUT2D eigenvalue weighted by Gasteiger charge is 2.10. The van der Waals surface area contributed by atoms with Gasteiger partial charge in [0.15, 0.2) is 11.5 Å². The second kappa shape index (κ2) is 5.01. The molecular formula is C13H17N5. The van der Waals surface area contributed by atoms with E-state index >= 15 is 0 Å². The molecule has 0 saturated heterocycles. The first-order valence-corrected chi connectivity index (χ1v) is 5.81. The molecule has 2 heterocycles. The molecule has 0 bridgehead atoms. The number of rotatable bonds is 1. The van der Waals surface area contributed by atoms with E-state index in [4.69, 9.17) is 0 Å². The minimum atomic E-state index is 0.759. The standard InChI is InChI=1S/C12H12N4.CH5N/c1-8-9(2)14-16-12(8)13-11(15-16)10-6-4-3-5-7-10;1-2/h3-7,14H,1-2H3;2H2,1H3. The van der Waals surface area contributed by atoms with Gasteiger partial charge in [0.25, 0.3) is 0 Å². The van der Waals surface area contributed by atoms with Gasteiger partial charge in [-0.25, -0.2) is 4.98 Å². The Hall–Kier alpha value is -2.14. The number of hydrogen-bond donors (Lipinski definition) is 2. The van der Waals surface area contributed by atoms with Gasteiger partial charge in [-0.3, -0.25) is 5.10 Å². The number of aromatic nitrogens is 4. The summed E-state index contributed by atoms with van der Waals surface area (Å²) in [6, 6.07) is 9.99. The zero-order valence-electron chi connectivity index (χ0n) is 10.8. The van der Waals surface area contributed by atoms with Gasteiger partial charge < -0.3 is 5.73 Å². The van der Waals surface area contributed by atoms with Crippen LogP contribution < -0.4 is 5.73 Å². The maximum atomic E-state index is 4.52. The highest BCUT2D eigenvalue weighted by Crippen LogP contribution is 2.18. The molecule has 5 nitrogen and oxygen atoms in total. The average molecular weight is 243 g/mol. The predicted octanol–water partition coefficient (Wildman–Crippen LogP) is 1.92. The van der Waals surface area contributed by atoms with E-state index in [1.54, 1.807) is 4.63 Å². The Morgan fingerprint density at radius 2 is 1.78 bits per heavy atom. The topological polar surface area (TPSA) is 72.0 Å². The molecule has 3 aromatic rings. The first kappa shape index (κ1) is 12.3. The Balaban J connectivity index is 0.000000574. The lowest BCUT2D eigenvalue weighted by atomic mass is 10.2. The molecule has 0 atom stereocenters. The largest absolute Gasteiger partial charge is 0.333 e. The van der Waals surface area contributed by atoms with Crippen molar-refractivity contribution in [3.63, 3.8) is 0 Å². The van der Waals surface area contributed by atoms with Crippen LogP contribution >= 0.6 is 0 Å². The van der Waals surface area contributed by atoms with Crippen LogP contribution in [0.1, 0.15) is 11.3 Å². The van der Waals surface area contributed by atoms with Gasteiger partial charge in [-0.15, -0.1) is 5.10 Å². The Kier molecular flexibility index (Phi) is 3.43. The number of aryl methyl sites for hydroxylation is 2. The van der Waals surface area contributed by atoms with E-state index in [9.17, 15) is 0 Å². The fraction of sp³-hybridized carbons (Fsp3) is 0.231. The summed E-state index contributed by atoms with van der Waals surface area (Å²) in [5.41, 5.74) is 8.69. The molecule has 3 N–H and O–H groups in total. The molecule has 0 aliphatic rings. The van der Waals surface area contributed by atoms with Crippen LogP contribution in [0, 0.1) is 13.8 Å². The Labute approximate surface area is 106 Å². The van der Waals surface area contributed by atoms with E-state index in [2.05, 4.69) is 20.9 Å². The lowest BCUT2D eigenvalue weighted by molar-refractivity contribution is 0.810. The van der Waals surface area contributed by atoms with Crippen LogP contribution in [0.3, 0.4) is 0 Å². The van der Waals surface area contributed by atoms with Gasteiger partial charge in [-0.1, -0.05) is 30.3 Å². The smallest absolute Gasteiger partial charge is 0.183 e. The van der Waals surface area contributed by atoms with Gasteiger partial charge in [0, 0.05) is 16.8 Å². The van der Waals surface area contributed by atoms with Gasteiger partial charge in [0.2, 0.25) is 0 Å². The summed E-state index contributed by atoms with van der Waals surface area (Å²) in [4.78, 5) is 4.52. The Morgan fingerprint density at radius 3 is 2.39 bits per heavy atom. The van der Waals surface area contributed by atoms with Gasteiger partial charge in [0.05, 0.1) is 0 Å². The summed E-state index contributed by atoms with van der Waals surface area (Å²) in [7, 11) is 1.50. The van der Waals surface area contributed by atoms with Crippen LogP contribution in [-0.4, -0.2) is 26.9 Å². The van der Waals surface area contributed by atoms with Crippen molar-refractivity contribution < 1.29 is 0 Å². The second-order valence-corrected chi connectivity index (χ2v) is 3.90. The van der Waals surface area contributed by atoms with Crippen molar-refractivity contribution in [1.82, 2.24) is 19.8 Å². The molecule has 0 spiro atoms. The Bertz CT molecular complexity index is 636. The molecule has 1 aromatic carbocycles. The summed E-state index contributed by atoms with van der Waals surface area (Å²) >= 11 is 0. The Morgan fingerprint density at radius 1 is 1.11 bits per heavy atom. The third kappa shape index (κ3) is 2.00. The van der Waals surface area contributed by atoms with Crippen molar-refractivity contribution in [3.8, 4) is 11.4 Å². The summed E-state index contributed by atoms with van der Waals surface area (Å²) in [5, 5.41) is 7.57. The molecule has 0 aliphatic heterocycles. The molecule has 2 aromatic heterocycles. The molecule has 18 heavy (non-hydrogen) atoms. The van der Waals surface area contributed by atoms with Crippen LogP contribution in [0.25, 0.3) is 17.0 Å². The van der Waals surface area contributed by atoms with Crippen LogP contribution in [0.2, 0.25) is 0 Å². The highest BCUT2D eigenvalue weighted by atomic mass is 15.5. The van der Waals surface area contributed by atoms with Gasteiger partial charge in [-0.2, -0.15) is 4.63 Å². The predicted molar refractivity (Wildman–Crippen MR) is 72.4 cm³/mol. The minimum Gasteiger partial charge on any atom is -0.333 e. The quantitative estimate of drug-likeness (QED) is 0.685. The third-order valence-corrected chi connectivity index (χ3v) is 2.81. The number of nitrogens with zero attached hydrogens (tertiary/aromatic N) is 3. The van der Waals surface area contributed by atoms with Crippen molar-refractivity contribution in [1.29, 1.82) is 0 Å². The van der Waals surface area contributed by atoms with Crippen LogP contribution in [0.15, 0.2) is 30.3 Å². The molecule has 5 heteroatoms. The minimum absolute atomic E-state index is 0.759. The fourth-order valence-electron chi connectivity index (χ4n) is 1.75. The molecule has 0 radical (unpaired) electrons. The summed E-state index contributed by atoms with van der Waals surface area (Å²) in [6.07, 6.45) is 0. The zero-order valence-corrected chi connectivity index (χ0v) is 10.8. The number of benzene rings is 1. The van der Waals surface area contributed by atoms with Crippen LogP contribution in [-0.2, 0) is 0 Å². The van der Waals surface area contributed by atoms with Gasteiger partial charge >= 0.3 is 0 Å². The number of nitrogens with one attached hydrogen (secondary N) is 1. The normalized spacial score (nSPS) is 10.2. The van der Waals surface area contributed by atoms with Gasteiger partial charge in [0.1, 0.15) is 0 Å².